The number of pyridine rings is 1. The highest BCUT2D eigenvalue weighted by Crippen LogP contribution is 2.03. The molecule has 5 heteroatoms. The fourth-order valence-corrected chi connectivity index (χ4v) is 2.41. The third-order valence-electron chi connectivity index (χ3n) is 3.61. The molecule has 0 radical (unpaired) electrons. The second-order valence-corrected chi connectivity index (χ2v) is 5.11. The van der Waals surface area contributed by atoms with Crippen molar-refractivity contribution < 1.29 is 4.79 Å². The molecule has 1 aromatic rings. The third-order valence-corrected chi connectivity index (χ3v) is 3.61. The minimum Gasteiger partial charge on any atom is -0.336 e. The summed E-state index contributed by atoms with van der Waals surface area (Å²) in [6.45, 7) is 7.83. The number of amides is 1. The van der Waals surface area contributed by atoms with E-state index in [0.29, 0.717) is 13.1 Å². The van der Waals surface area contributed by atoms with Crippen LogP contribution in [0.4, 0.5) is 0 Å². The lowest BCUT2D eigenvalue weighted by Gasteiger charge is -2.25. The molecule has 5 nitrogen and oxygen atoms in total. The molecule has 1 fully saturated rings. The first-order valence-corrected chi connectivity index (χ1v) is 7.40. The number of carbonyl (C=O) groups excluding carboxylic acids is 1. The summed E-state index contributed by atoms with van der Waals surface area (Å²) < 4.78 is 0. The summed E-state index contributed by atoms with van der Waals surface area (Å²) >= 11 is 0. The second-order valence-electron chi connectivity index (χ2n) is 5.11. The average molecular weight is 276 g/mol. The molecule has 1 aromatic heterocycles. The van der Waals surface area contributed by atoms with E-state index >= 15 is 0 Å². The molecule has 2 rings (SSSR count). The maximum absolute atomic E-state index is 12.4. The molecule has 2 heterocycles. The van der Waals surface area contributed by atoms with Gasteiger partial charge in [0.15, 0.2) is 0 Å². The fourth-order valence-electron chi connectivity index (χ4n) is 2.41. The second kappa shape index (κ2) is 7.97. The van der Waals surface area contributed by atoms with Crippen LogP contribution in [-0.4, -0.2) is 60.0 Å². The third kappa shape index (κ3) is 4.58. The van der Waals surface area contributed by atoms with Crippen molar-refractivity contribution in [3.8, 4) is 0 Å². The largest absolute Gasteiger partial charge is 0.336 e. The molecule has 1 N–H and O–H groups in total. The molecule has 1 aliphatic heterocycles. The van der Waals surface area contributed by atoms with Crippen molar-refractivity contribution in [2.24, 2.45) is 0 Å². The Labute approximate surface area is 121 Å². The summed E-state index contributed by atoms with van der Waals surface area (Å²) in [5.41, 5.74) is 0.945. The van der Waals surface area contributed by atoms with Crippen molar-refractivity contribution in [2.75, 3.05) is 39.3 Å². The Bertz CT molecular complexity index is 402. The van der Waals surface area contributed by atoms with Crippen LogP contribution in [0.5, 0.6) is 0 Å². The van der Waals surface area contributed by atoms with Gasteiger partial charge >= 0.3 is 0 Å². The lowest BCUT2D eigenvalue weighted by atomic mass is 10.3. The fraction of sp³-hybridized carbons (Fsp3) is 0.600. The summed E-state index contributed by atoms with van der Waals surface area (Å²) in [5, 5.41) is 3.36. The first-order valence-electron chi connectivity index (χ1n) is 7.40. The summed E-state index contributed by atoms with van der Waals surface area (Å²) in [5.74, 6) is 0.194. The molecule has 0 unspecified atom stereocenters. The molecular formula is C15H24N4O. The number of carbonyl (C=O) groups is 1. The van der Waals surface area contributed by atoms with E-state index in [0.717, 1.165) is 44.8 Å². The number of hydrogen-bond donors (Lipinski definition) is 1. The zero-order valence-corrected chi connectivity index (χ0v) is 12.2. The summed E-state index contributed by atoms with van der Waals surface area (Å²) in [4.78, 5) is 20.8. The van der Waals surface area contributed by atoms with Crippen LogP contribution in [0, 0.1) is 0 Å². The molecule has 1 aliphatic rings. The number of nitrogens with zero attached hydrogens (tertiary/aromatic N) is 3. The molecule has 1 amide bonds. The minimum atomic E-state index is 0.194. The van der Waals surface area contributed by atoms with Gasteiger partial charge in [-0.15, -0.1) is 0 Å². The Kier molecular flexibility index (Phi) is 5.95. The zero-order chi connectivity index (χ0) is 14.2. The highest BCUT2D eigenvalue weighted by molar-refractivity contribution is 5.78. The molecule has 0 saturated carbocycles. The SMILES string of the molecule is CCN(Cc1ccccn1)C(=O)CN1CCCNCC1. The van der Waals surface area contributed by atoms with Gasteiger partial charge in [-0.05, 0) is 38.6 Å². The van der Waals surface area contributed by atoms with Gasteiger partial charge in [-0.25, -0.2) is 0 Å². The summed E-state index contributed by atoms with van der Waals surface area (Å²) in [6, 6.07) is 5.82. The van der Waals surface area contributed by atoms with Gasteiger partial charge in [0.05, 0.1) is 18.8 Å². The van der Waals surface area contributed by atoms with Crippen LogP contribution in [0.2, 0.25) is 0 Å². The quantitative estimate of drug-likeness (QED) is 0.861. The van der Waals surface area contributed by atoms with E-state index in [1.54, 1.807) is 6.20 Å². The maximum atomic E-state index is 12.4. The molecule has 1 saturated heterocycles. The normalized spacial score (nSPS) is 16.6. The van der Waals surface area contributed by atoms with Gasteiger partial charge in [-0.3, -0.25) is 14.7 Å². The molecule has 0 aromatic carbocycles. The van der Waals surface area contributed by atoms with E-state index in [9.17, 15) is 4.79 Å². The maximum Gasteiger partial charge on any atom is 0.237 e. The average Bonchev–Trinajstić information content (AvgIpc) is 2.74. The van der Waals surface area contributed by atoms with E-state index in [-0.39, 0.29) is 5.91 Å². The molecule has 0 atom stereocenters. The van der Waals surface area contributed by atoms with Gasteiger partial charge < -0.3 is 10.2 Å². The van der Waals surface area contributed by atoms with Gasteiger partial charge in [0.25, 0.3) is 0 Å². The molecule has 0 spiro atoms. The zero-order valence-electron chi connectivity index (χ0n) is 12.2. The van der Waals surface area contributed by atoms with Crippen LogP contribution in [0.25, 0.3) is 0 Å². The van der Waals surface area contributed by atoms with Gasteiger partial charge in [0, 0.05) is 25.8 Å². The van der Waals surface area contributed by atoms with Crippen molar-refractivity contribution >= 4 is 5.91 Å². The number of aromatic nitrogens is 1. The number of nitrogens with one attached hydrogen (secondary N) is 1. The van der Waals surface area contributed by atoms with Crippen LogP contribution >= 0.6 is 0 Å². The predicted octanol–water partition coefficient (Wildman–Crippen LogP) is 0.725. The van der Waals surface area contributed by atoms with Gasteiger partial charge in [-0.1, -0.05) is 6.07 Å². The van der Waals surface area contributed by atoms with Crippen molar-refractivity contribution in [1.82, 2.24) is 20.1 Å². The van der Waals surface area contributed by atoms with Gasteiger partial charge in [-0.2, -0.15) is 0 Å². The minimum absolute atomic E-state index is 0.194. The Morgan fingerprint density at radius 1 is 1.40 bits per heavy atom. The van der Waals surface area contributed by atoms with Crippen molar-refractivity contribution in [1.29, 1.82) is 0 Å². The summed E-state index contributed by atoms with van der Waals surface area (Å²) in [6.07, 6.45) is 2.88. The molecular weight excluding hydrogens is 252 g/mol. The topological polar surface area (TPSA) is 48.5 Å². The Morgan fingerprint density at radius 3 is 3.05 bits per heavy atom. The van der Waals surface area contributed by atoms with E-state index < -0.39 is 0 Å². The highest BCUT2D eigenvalue weighted by atomic mass is 16.2. The highest BCUT2D eigenvalue weighted by Gasteiger charge is 2.17. The Hall–Kier alpha value is -1.46. The van der Waals surface area contributed by atoms with Crippen molar-refractivity contribution in [3.05, 3.63) is 30.1 Å². The number of likely N-dealkylation sites (N-methyl/N-ethyl adjacent to an activating group) is 1. The molecule has 0 bridgehead atoms. The molecule has 110 valence electrons. The van der Waals surface area contributed by atoms with Crippen LogP contribution in [0.3, 0.4) is 0 Å². The van der Waals surface area contributed by atoms with Crippen LogP contribution in [0.15, 0.2) is 24.4 Å². The predicted molar refractivity (Wildman–Crippen MR) is 79.3 cm³/mol. The summed E-state index contributed by atoms with van der Waals surface area (Å²) in [7, 11) is 0. The van der Waals surface area contributed by atoms with E-state index in [1.165, 1.54) is 0 Å². The van der Waals surface area contributed by atoms with Crippen LogP contribution in [0.1, 0.15) is 19.0 Å². The van der Waals surface area contributed by atoms with Gasteiger partial charge in [0.2, 0.25) is 5.91 Å². The Morgan fingerprint density at radius 2 is 2.30 bits per heavy atom. The Balaban J connectivity index is 1.88. The molecule has 0 aliphatic carbocycles. The lowest BCUT2D eigenvalue weighted by Crippen LogP contribution is -2.41. The monoisotopic (exact) mass is 276 g/mol. The van der Waals surface area contributed by atoms with E-state index in [4.69, 9.17) is 0 Å². The van der Waals surface area contributed by atoms with Crippen molar-refractivity contribution in [3.63, 3.8) is 0 Å². The molecule has 20 heavy (non-hydrogen) atoms. The van der Waals surface area contributed by atoms with Crippen molar-refractivity contribution in [2.45, 2.75) is 19.9 Å². The lowest BCUT2D eigenvalue weighted by molar-refractivity contribution is -0.132. The van der Waals surface area contributed by atoms with Crippen LogP contribution < -0.4 is 5.32 Å². The number of rotatable bonds is 5. The number of hydrogen-bond acceptors (Lipinski definition) is 4. The smallest absolute Gasteiger partial charge is 0.237 e. The van der Waals surface area contributed by atoms with Gasteiger partial charge in [0.1, 0.15) is 0 Å². The van der Waals surface area contributed by atoms with E-state index in [1.807, 2.05) is 30.0 Å². The first kappa shape index (κ1) is 14.9. The standard InChI is InChI=1S/C15H24N4O/c1-2-19(12-14-6-3-4-8-17-14)15(20)13-18-10-5-7-16-9-11-18/h3-4,6,8,16H,2,5,7,9-13H2,1H3. The van der Waals surface area contributed by atoms with E-state index in [2.05, 4.69) is 15.2 Å². The van der Waals surface area contributed by atoms with Crippen LogP contribution in [-0.2, 0) is 11.3 Å². The first-order chi connectivity index (χ1) is 9.79.